The molecule has 1 N–H and O–H groups in total. The third kappa shape index (κ3) is 2.48. The van der Waals surface area contributed by atoms with Gasteiger partial charge in [0, 0.05) is 6.04 Å². The highest BCUT2D eigenvalue weighted by Crippen LogP contribution is 2.30. The summed E-state index contributed by atoms with van der Waals surface area (Å²) in [4.78, 5) is 0. The summed E-state index contributed by atoms with van der Waals surface area (Å²) in [6.45, 7) is 4.75. The van der Waals surface area contributed by atoms with Gasteiger partial charge >= 0.3 is 0 Å². The first-order valence-electron chi connectivity index (χ1n) is 5.43. The predicted molar refractivity (Wildman–Crippen MR) is 54.3 cm³/mol. The van der Waals surface area contributed by atoms with Crippen molar-refractivity contribution in [3.63, 3.8) is 0 Å². The molecule has 0 aromatic heterocycles. The summed E-state index contributed by atoms with van der Waals surface area (Å²) in [6, 6.07) is 0.707. The van der Waals surface area contributed by atoms with Gasteiger partial charge in [0.25, 0.3) is 0 Å². The normalized spacial score (nSPS) is 34.2. The number of hydrogen-bond donors (Lipinski definition) is 1. The zero-order valence-electron chi connectivity index (χ0n) is 8.77. The van der Waals surface area contributed by atoms with E-state index in [1.165, 1.54) is 32.1 Å². The molecule has 1 aliphatic carbocycles. The van der Waals surface area contributed by atoms with Gasteiger partial charge in [-0.2, -0.15) is 0 Å². The second-order valence-corrected chi connectivity index (χ2v) is 4.36. The van der Waals surface area contributed by atoms with E-state index in [2.05, 4.69) is 26.2 Å². The van der Waals surface area contributed by atoms with Crippen LogP contribution >= 0.6 is 0 Å². The third-order valence-electron chi connectivity index (χ3n) is 3.53. The van der Waals surface area contributed by atoms with Gasteiger partial charge in [0.15, 0.2) is 0 Å². The molecule has 0 aromatic rings. The van der Waals surface area contributed by atoms with Gasteiger partial charge in [-0.05, 0) is 32.2 Å². The van der Waals surface area contributed by atoms with Crippen molar-refractivity contribution in [3.8, 4) is 0 Å². The van der Waals surface area contributed by atoms with E-state index in [9.17, 15) is 0 Å². The molecule has 2 unspecified atom stereocenters. The fraction of sp³-hybridized carbons (Fsp3) is 1.00. The number of nitrogens with one attached hydrogen (secondary N) is 1. The molecule has 0 heterocycles. The molecule has 72 valence electrons. The lowest BCUT2D eigenvalue weighted by atomic mass is 9.84. The van der Waals surface area contributed by atoms with E-state index in [-0.39, 0.29) is 0 Å². The first-order chi connectivity index (χ1) is 5.75. The highest BCUT2D eigenvalue weighted by molar-refractivity contribution is 4.78. The molecule has 0 spiro atoms. The van der Waals surface area contributed by atoms with Gasteiger partial charge < -0.3 is 5.32 Å². The molecule has 0 saturated heterocycles. The minimum absolute atomic E-state index is 0.707. The summed E-state index contributed by atoms with van der Waals surface area (Å²) in [7, 11) is 2.09. The van der Waals surface area contributed by atoms with Crippen LogP contribution < -0.4 is 5.32 Å². The van der Waals surface area contributed by atoms with Crippen molar-refractivity contribution in [2.75, 3.05) is 7.05 Å². The molecule has 1 fully saturated rings. The Morgan fingerprint density at radius 2 is 1.83 bits per heavy atom. The zero-order valence-corrected chi connectivity index (χ0v) is 8.77. The Balaban J connectivity index is 2.46. The summed E-state index contributed by atoms with van der Waals surface area (Å²) in [5.41, 5.74) is 0. The fourth-order valence-electron chi connectivity index (χ4n) is 2.48. The number of rotatable bonds is 2. The van der Waals surface area contributed by atoms with Gasteiger partial charge in [0.05, 0.1) is 0 Å². The molecular formula is C11H23N. The topological polar surface area (TPSA) is 12.0 Å². The second-order valence-electron chi connectivity index (χ2n) is 4.36. The van der Waals surface area contributed by atoms with Crippen molar-refractivity contribution in [2.45, 2.75) is 52.0 Å². The smallest absolute Gasteiger partial charge is 0.00665 e. The van der Waals surface area contributed by atoms with E-state index in [1.807, 2.05) is 0 Å². The van der Waals surface area contributed by atoms with E-state index in [0.717, 1.165) is 11.8 Å². The van der Waals surface area contributed by atoms with Gasteiger partial charge in [-0.15, -0.1) is 0 Å². The van der Waals surface area contributed by atoms with Crippen molar-refractivity contribution < 1.29 is 0 Å². The summed E-state index contributed by atoms with van der Waals surface area (Å²) in [6.07, 6.45) is 7.23. The van der Waals surface area contributed by atoms with Crippen LogP contribution in [-0.2, 0) is 0 Å². The lowest BCUT2D eigenvalue weighted by molar-refractivity contribution is 0.269. The first-order valence-corrected chi connectivity index (χ1v) is 5.43. The Morgan fingerprint density at radius 1 is 1.17 bits per heavy atom. The molecule has 1 nitrogen and oxygen atoms in total. The van der Waals surface area contributed by atoms with Crippen LogP contribution in [0.3, 0.4) is 0 Å². The van der Waals surface area contributed by atoms with Crippen molar-refractivity contribution in [2.24, 2.45) is 11.8 Å². The summed E-state index contributed by atoms with van der Waals surface area (Å²) < 4.78 is 0. The molecule has 12 heavy (non-hydrogen) atoms. The Hall–Kier alpha value is -0.0400. The van der Waals surface area contributed by atoms with E-state index in [1.54, 1.807) is 0 Å². The van der Waals surface area contributed by atoms with Crippen molar-refractivity contribution >= 4 is 0 Å². The zero-order chi connectivity index (χ0) is 8.97. The molecule has 0 aliphatic heterocycles. The standard InChI is InChI=1S/C11H23N/c1-9-7-5-4-6-8-11(9)10(2)12-3/h9-12H,4-8H2,1-3H3/t9-,10?,11?/m0/s1. The van der Waals surface area contributed by atoms with E-state index >= 15 is 0 Å². The second kappa shape index (κ2) is 4.86. The van der Waals surface area contributed by atoms with Crippen LogP contribution in [0.5, 0.6) is 0 Å². The molecule has 1 saturated carbocycles. The number of hydrogen-bond acceptors (Lipinski definition) is 1. The predicted octanol–water partition coefficient (Wildman–Crippen LogP) is 2.81. The maximum absolute atomic E-state index is 3.39. The van der Waals surface area contributed by atoms with E-state index in [0.29, 0.717) is 6.04 Å². The SMILES string of the molecule is CNC(C)C1CCCCC[C@@H]1C. The molecular weight excluding hydrogens is 146 g/mol. The molecule has 3 atom stereocenters. The molecule has 0 radical (unpaired) electrons. The van der Waals surface area contributed by atoms with Gasteiger partial charge in [-0.1, -0.05) is 32.6 Å². The highest BCUT2D eigenvalue weighted by atomic mass is 14.9. The highest BCUT2D eigenvalue weighted by Gasteiger charge is 2.23. The largest absolute Gasteiger partial charge is 0.317 e. The van der Waals surface area contributed by atoms with Crippen LogP contribution in [0.1, 0.15) is 46.0 Å². The Bertz CT molecular complexity index is 122. The van der Waals surface area contributed by atoms with Crippen LogP contribution in [0.4, 0.5) is 0 Å². The van der Waals surface area contributed by atoms with Gasteiger partial charge in [-0.3, -0.25) is 0 Å². The third-order valence-corrected chi connectivity index (χ3v) is 3.53. The minimum atomic E-state index is 0.707. The van der Waals surface area contributed by atoms with Crippen molar-refractivity contribution in [1.82, 2.24) is 5.32 Å². The quantitative estimate of drug-likeness (QED) is 0.627. The monoisotopic (exact) mass is 169 g/mol. The summed E-state index contributed by atoms with van der Waals surface area (Å²) in [5, 5.41) is 3.39. The molecule has 1 heteroatoms. The molecule has 1 aliphatic rings. The Labute approximate surface area is 76.9 Å². The van der Waals surface area contributed by atoms with Gasteiger partial charge in [-0.25, -0.2) is 0 Å². The molecule has 0 bridgehead atoms. The maximum atomic E-state index is 3.39. The Kier molecular flexibility index (Phi) is 4.07. The van der Waals surface area contributed by atoms with Crippen LogP contribution in [0.2, 0.25) is 0 Å². The fourth-order valence-corrected chi connectivity index (χ4v) is 2.48. The average molecular weight is 169 g/mol. The summed E-state index contributed by atoms with van der Waals surface area (Å²) >= 11 is 0. The van der Waals surface area contributed by atoms with Crippen molar-refractivity contribution in [3.05, 3.63) is 0 Å². The first kappa shape index (κ1) is 10.0. The summed E-state index contributed by atoms with van der Waals surface area (Å²) in [5.74, 6) is 1.84. The maximum Gasteiger partial charge on any atom is 0.00665 e. The molecule has 0 aromatic carbocycles. The van der Waals surface area contributed by atoms with Crippen molar-refractivity contribution in [1.29, 1.82) is 0 Å². The van der Waals surface area contributed by atoms with Crippen LogP contribution in [0, 0.1) is 11.8 Å². The Morgan fingerprint density at radius 3 is 2.50 bits per heavy atom. The molecule has 0 amide bonds. The van der Waals surface area contributed by atoms with Crippen LogP contribution in [-0.4, -0.2) is 13.1 Å². The van der Waals surface area contributed by atoms with Crippen LogP contribution in [0.15, 0.2) is 0 Å². The minimum Gasteiger partial charge on any atom is -0.317 e. The lowest BCUT2D eigenvalue weighted by Crippen LogP contribution is -2.33. The molecule has 1 rings (SSSR count). The van der Waals surface area contributed by atoms with Crippen LogP contribution in [0.25, 0.3) is 0 Å². The van der Waals surface area contributed by atoms with Gasteiger partial charge in [0.2, 0.25) is 0 Å². The van der Waals surface area contributed by atoms with E-state index < -0.39 is 0 Å². The lowest BCUT2D eigenvalue weighted by Gasteiger charge is -2.27. The van der Waals surface area contributed by atoms with E-state index in [4.69, 9.17) is 0 Å². The average Bonchev–Trinajstić information content (AvgIpc) is 2.28. The van der Waals surface area contributed by atoms with Gasteiger partial charge in [0.1, 0.15) is 0 Å².